The fourth-order valence-electron chi connectivity index (χ4n) is 4.39. The van der Waals surface area contributed by atoms with Crippen LogP contribution in [0.4, 0.5) is 0 Å². The first-order chi connectivity index (χ1) is 13.1. The van der Waals surface area contributed by atoms with Crippen molar-refractivity contribution in [2.45, 2.75) is 43.5 Å². The van der Waals surface area contributed by atoms with E-state index in [1.54, 1.807) is 17.0 Å². The molecule has 7 heteroatoms. The number of fused-ring (bicyclic) bond motifs is 1. The van der Waals surface area contributed by atoms with Crippen molar-refractivity contribution in [2.24, 2.45) is 0 Å². The number of morpholine rings is 1. The third-order valence-electron chi connectivity index (χ3n) is 5.79. The largest absolute Gasteiger partial charge is 0.378 e. The molecule has 2 saturated heterocycles. The van der Waals surface area contributed by atoms with Gasteiger partial charge in [0.25, 0.3) is 5.91 Å². The van der Waals surface area contributed by atoms with Gasteiger partial charge in [-0.2, -0.15) is 0 Å². The highest BCUT2D eigenvalue weighted by Crippen LogP contribution is 2.44. The zero-order valence-corrected chi connectivity index (χ0v) is 16.5. The van der Waals surface area contributed by atoms with Crippen LogP contribution in [-0.4, -0.2) is 63.0 Å². The van der Waals surface area contributed by atoms with Crippen LogP contribution in [0.15, 0.2) is 34.1 Å². The van der Waals surface area contributed by atoms with Crippen LogP contribution in [0.2, 0.25) is 0 Å². The van der Waals surface area contributed by atoms with Crippen LogP contribution >= 0.6 is 0 Å². The summed E-state index contributed by atoms with van der Waals surface area (Å²) in [5.74, 6) is -0.384. The number of hydrogen-bond acceptors (Lipinski definition) is 5. The molecule has 0 bridgehead atoms. The van der Waals surface area contributed by atoms with E-state index in [-0.39, 0.29) is 21.7 Å². The summed E-state index contributed by atoms with van der Waals surface area (Å²) in [6.07, 6.45) is 4.12. The SMILES string of the molecule is CC[C@@H]1CCCCN1C1=C(C(=O)N2CCOCC2)S(=O)(=O)c2ccccc21. The second-order valence-corrected chi connectivity index (χ2v) is 9.19. The van der Waals surface area contributed by atoms with Crippen molar-refractivity contribution >= 4 is 21.4 Å². The number of hydrogen-bond donors (Lipinski definition) is 0. The van der Waals surface area contributed by atoms with Crippen molar-refractivity contribution in [2.75, 3.05) is 32.8 Å². The lowest BCUT2D eigenvalue weighted by Crippen LogP contribution is -2.44. The van der Waals surface area contributed by atoms with Crippen molar-refractivity contribution in [3.05, 3.63) is 34.7 Å². The van der Waals surface area contributed by atoms with E-state index in [0.717, 1.165) is 32.2 Å². The third kappa shape index (κ3) is 3.06. The number of sulfone groups is 1. The van der Waals surface area contributed by atoms with Crippen LogP contribution in [0, 0.1) is 0 Å². The molecule has 1 aromatic rings. The van der Waals surface area contributed by atoms with Crippen LogP contribution < -0.4 is 0 Å². The lowest BCUT2D eigenvalue weighted by atomic mass is 9.97. The Balaban J connectivity index is 1.87. The normalized spacial score (nSPS) is 24.9. The second kappa shape index (κ2) is 7.28. The van der Waals surface area contributed by atoms with Crippen LogP contribution in [0.5, 0.6) is 0 Å². The Labute approximate surface area is 160 Å². The number of piperidine rings is 1. The maximum Gasteiger partial charge on any atom is 0.268 e. The zero-order valence-electron chi connectivity index (χ0n) is 15.7. The molecule has 1 amide bonds. The highest BCUT2D eigenvalue weighted by atomic mass is 32.2. The predicted molar refractivity (Wildman–Crippen MR) is 103 cm³/mol. The molecule has 6 nitrogen and oxygen atoms in total. The molecule has 146 valence electrons. The van der Waals surface area contributed by atoms with Crippen LogP contribution in [0.1, 0.15) is 38.2 Å². The monoisotopic (exact) mass is 390 g/mol. The van der Waals surface area contributed by atoms with Crippen LogP contribution in [-0.2, 0) is 19.4 Å². The van der Waals surface area contributed by atoms with Crippen LogP contribution in [0.25, 0.3) is 5.70 Å². The molecule has 2 fully saturated rings. The van der Waals surface area contributed by atoms with Gasteiger partial charge in [-0.3, -0.25) is 4.79 Å². The number of amides is 1. The summed E-state index contributed by atoms with van der Waals surface area (Å²) in [6.45, 7) is 4.67. The predicted octanol–water partition coefficient (Wildman–Crippen LogP) is 2.27. The Hall–Kier alpha value is -1.86. The third-order valence-corrected chi connectivity index (χ3v) is 7.63. The minimum Gasteiger partial charge on any atom is -0.378 e. The summed E-state index contributed by atoms with van der Waals surface area (Å²) in [5.41, 5.74) is 1.29. The summed E-state index contributed by atoms with van der Waals surface area (Å²) in [5, 5.41) is 0. The molecule has 0 unspecified atom stereocenters. The molecule has 0 aliphatic carbocycles. The summed E-state index contributed by atoms with van der Waals surface area (Å²) >= 11 is 0. The van der Waals surface area contributed by atoms with Gasteiger partial charge in [0.15, 0.2) is 4.91 Å². The quantitative estimate of drug-likeness (QED) is 0.792. The van der Waals surface area contributed by atoms with Gasteiger partial charge < -0.3 is 14.5 Å². The van der Waals surface area contributed by atoms with E-state index in [1.165, 1.54) is 0 Å². The maximum absolute atomic E-state index is 13.4. The summed E-state index contributed by atoms with van der Waals surface area (Å²) in [6, 6.07) is 7.30. The van der Waals surface area contributed by atoms with Crippen molar-refractivity contribution in [1.82, 2.24) is 9.80 Å². The molecule has 0 spiro atoms. The van der Waals surface area contributed by atoms with E-state index in [0.29, 0.717) is 37.6 Å². The second-order valence-electron chi connectivity index (χ2n) is 7.33. The number of likely N-dealkylation sites (tertiary alicyclic amines) is 1. The highest BCUT2D eigenvalue weighted by molar-refractivity contribution is 7.97. The number of nitrogens with zero attached hydrogens (tertiary/aromatic N) is 2. The molecule has 4 rings (SSSR count). The minimum absolute atomic E-state index is 0.0362. The molecule has 0 aromatic heterocycles. The lowest BCUT2D eigenvalue weighted by molar-refractivity contribution is -0.130. The van der Waals surface area contributed by atoms with Crippen LogP contribution in [0.3, 0.4) is 0 Å². The first kappa shape index (κ1) is 18.5. The van der Waals surface area contributed by atoms with E-state index in [2.05, 4.69) is 11.8 Å². The number of carbonyl (C=O) groups excluding carboxylic acids is 1. The van der Waals surface area contributed by atoms with E-state index in [4.69, 9.17) is 4.74 Å². The summed E-state index contributed by atoms with van der Waals surface area (Å²) in [7, 11) is -3.82. The van der Waals surface area contributed by atoms with Gasteiger partial charge >= 0.3 is 0 Å². The first-order valence-electron chi connectivity index (χ1n) is 9.78. The molecule has 3 aliphatic heterocycles. The summed E-state index contributed by atoms with van der Waals surface area (Å²) < 4.78 is 32.0. The molecule has 1 atom stereocenters. The molecular weight excluding hydrogens is 364 g/mol. The van der Waals surface area contributed by atoms with Gasteiger partial charge in [-0.15, -0.1) is 0 Å². The molecule has 3 aliphatic rings. The first-order valence-corrected chi connectivity index (χ1v) is 11.3. The van der Waals surface area contributed by atoms with Crippen molar-refractivity contribution in [3.8, 4) is 0 Å². The van der Waals surface area contributed by atoms with Crippen molar-refractivity contribution in [1.29, 1.82) is 0 Å². The lowest BCUT2D eigenvalue weighted by Gasteiger charge is -2.39. The molecule has 27 heavy (non-hydrogen) atoms. The standard InChI is InChI=1S/C20H26N2O4S/c1-2-15-7-5-6-10-22(15)18-16-8-3-4-9-17(16)27(24,25)19(18)20(23)21-11-13-26-14-12-21/h3-4,8-9,15H,2,5-7,10-14H2,1H3/t15-/m1/s1. The van der Waals surface area contributed by atoms with Crippen molar-refractivity contribution in [3.63, 3.8) is 0 Å². The minimum atomic E-state index is -3.82. The Morgan fingerprint density at radius 1 is 1.15 bits per heavy atom. The summed E-state index contributed by atoms with van der Waals surface area (Å²) in [4.78, 5) is 17.4. The number of rotatable bonds is 3. The van der Waals surface area contributed by atoms with Gasteiger partial charge in [-0.25, -0.2) is 8.42 Å². The highest BCUT2D eigenvalue weighted by Gasteiger charge is 2.44. The molecule has 1 aromatic carbocycles. The Morgan fingerprint density at radius 2 is 1.89 bits per heavy atom. The van der Waals surface area contributed by atoms with Gasteiger partial charge in [-0.05, 0) is 31.7 Å². The molecule has 0 radical (unpaired) electrons. The number of benzene rings is 1. The smallest absolute Gasteiger partial charge is 0.268 e. The molecular formula is C20H26N2O4S. The van der Waals surface area contributed by atoms with E-state index >= 15 is 0 Å². The van der Waals surface area contributed by atoms with Gasteiger partial charge in [0.05, 0.1) is 23.8 Å². The molecule has 0 N–H and O–H groups in total. The molecule has 0 saturated carbocycles. The Kier molecular flexibility index (Phi) is 4.99. The van der Waals surface area contributed by atoms with Crippen molar-refractivity contribution < 1.29 is 17.9 Å². The van der Waals surface area contributed by atoms with Gasteiger partial charge in [0, 0.05) is 31.2 Å². The van der Waals surface area contributed by atoms with Gasteiger partial charge in [0.1, 0.15) is 0 Å². The average Bonchev–Trinajstić information content (AvgIpc) is 2.95. The average molecular weight is 391 g/mol. The number of carbonyl (C=O) groups is 1. The number of ether oxygens (including phenoxy) is 1. The zero-order chi connectivity index (χ0) is 19.0. The van der Waals surface area contributed by atoms with E-state index in [9.17, 15) is 13.2 Å². The fourth-order valence-corrected chi connectivity index (χ4v) is 6.16. The van der Waals surface area contributed by atoms with E-state index in [1.807, 2.05) is 12.1 Å². The molecule has 3 heterocycles. The fraction of sp³-hybridized carbons (Fsp3) is 0.550. The maximum atomic E-state index is 13.4. The van der Waals surface area contributed by atoms with E-state index < -0.39 is 9.84 Å². The van der Waals surface area contributed by atoms with Gasteiger partial charge in [-0.1, -0.05) is 25.1 Å². The van der Waals surface area contributed by atoms with Gasteiger partial charge in [0.2, 0.25) is 9.84 Å². The topological polar surface area (TPSA) is 66.9 Å². The Bertz CT molecular complexity index is 872. The Morgan fingerprint density at radius 3 is 2.63 bits per heavy atom.